The number of piperazine rings is 1. The van der Waals surface area contributed by atoms with E-state index in [0.29, 0.717) is 38.5 Å². The number of hydrogen-bond donors (Lipinski definition) is 1. The predicted molar refractivity (Wildman–Crippen MR) is 131 cm³/mol. The van der Waals surface area contributed by atoms with Gasteiger partial charge in [0.2, 0.25) is 0 Å². The highest BCUT2D eigenvalue weighted by Crippen LogP contribution is 2.34. The highest BCUT2D eigenvalue weighted by Gasteiger charge is 2.37. The van der Waals surface area contributed by atoms with Crippen molar-refractivity contribution in [3.63, 3.8) is 0 Å². The Balaban J connectivity index is 1.22. The molecule has 7 nitrogen and oxygen atoms in total. The Morgan fingerprint density at radius 1 is 1.19 bits per heavy atom. The van der Waals surface area contributed by atoms with E-state index in [4.69, 9.17) is 4.74 Å². The number of aromatic nitrogens is 1. The van der Waals surface area contributed by atoms with E-state index >= 15 is 0 Å². The van der Waals surface area contributed by atoms with Gasteiger partial charge in [0, 0.05) is 51.4 Å². The van der Waals surface area contributed by atoms with Crippen LogP contribution in [0.4, 0.5) is 13.2 Å². The van der Waals surface area contributed by atoms with Gasteiger partial charge in [0.15, 0.2) is 9.84 Å². The number of nitrogens with zero attached hydrogens (tertiary/aromatic N) is 3. The number of rotatable bonds is 9. The molecule has 0 unspecified atom stereocenters. The summed E-state index contributed by atoms with van der Waals surface area (Å²) in [5.41, 5.74) is -0.324. The van der Waals surface area contributed by atoms with Crippen molar-refractivity contribution in [2.75, 3.05) is 51.6 Å². The van der Waals surface area contributed by atoms with Crippen LogP contribution < -0.4 is 4.74 Å². The molecule has 2 heterocycles. The van der Waals surface area contributed by atoms with Crippen LogP contribution in [0, 0.1) is 13.0 Å². The summed E-state index contributed by atoms with van der Waals surface area (Å²) in [5, 5.41) is 11.4. The van der Waals surface area contributed by atoms with Crippen LogP contribution in [0.1, 0.15) is 10.6 Å². The van der Waals surface area contributed by atoms with Crippen LogP contribution in [-0.4, -0.2) is 86.0 Å². The van der Waals surface area contributed by atoms with Crippen molar-refractivity contribution in [1.82, 2.24) is 14.8 Å². The van der Waals surface area contributed by atoms with E-state index in [-0.39, 0.29) is 13.2 Å². The lowest BCUT2D eigenvalue weighted by atomic mass is 10.2. The number of β-amino-alcohol motifs (C(OH)–C–C–N with tert-alkyl or cyclic N) is 1. The molecular formula is C24H27F3N3O4S2. The van der Waals surface area contributed by atoms with Gasteiger partial charge in [-0.1, -0.05) is 12.1 Å². The van der Waals surface area contributed by atoms with Crippen LogP contribution in [0.5, 0.6) is 5.75 Å². The van der Waals surface area contributed by atoms with Crippen molar-refractivity contribution in [1.29, 1.82) is 0 Å². The second-order valence-electron chi connectivity index (χ2n) is 8.70. The lowest BCUT2D eigenvalue weighted by molar-refractivity contribution is -0.139. The molecule has 1 radical (unpaired) electrons. The van der Waals surface area contributed by atoms with Gasteiger partial charge in [-0.2, -0.15) is 13.2 Å². The molecule has 2 aromatic carbocycles. The highest BCUT2D eigenvalue weighted by molar-refractivity contribution is 7.91. The third-order valence-electron chi connectivity index (χ3n) is 5.95. The van der Waals surface area contributed by atoms with Gasteiger partial charge in [-0.05, 0) is 25.1 Å². The maximum absolute atomic E-state index is 13.2. The standard InChI is InChI=1S/C24H27F3N3O4S2/c1-17-28-21-14-19(6-7-22(21)35-17)34-16-18(31)15-30-10-8-29(9-11-30)12-13-36(32,33)23-5-3-2-4-20(23)24(25,26)27/h2-4,6-7,14,18,31H,8-13,15-16H2,1H3/t18-/m1/s1. The maximum atomic E-state index is 13.2. The van der Waals surface area contributed by atoms with Gasteiger partial charge < -0.3 is 9.84 Å². The topological polar surface area (TPSA) is 83.0 Å². The summed E-state index contributed by atoms with van der Waals surface area (Å²) in [6, 6.07) is 11.0. The summed E-state index contributed by atoms with van der Waals surface area (Å²) in [7, 11) is -4.14. The van der Waals surface area contributed by atoms with Gasteiger partial charge in [-0.25, -0.2) is 13.4 Å². The summed E-state index contributed by atoms with van der Waals surface area (Å²) in [6.45, 7) is 4.90. The van der Waals surface area contributed by atoms with Crippen LogP contribution >= 0.6 is 11.3 Å². The Bertz CT molecular complexity index is 1290. The normalized spacial score (nSPS) is 16.9. The number of halogens is 3. The smallest absolute Gasteiger partial charge is 0.417 e. The second kappa shape index (κ2) is 11.0. The zero-order valence-corrected chi connectivity index (χ0v) is 21.3. The first-order valence-corrected chi connectivity index (χ1v) is 13.9. The molecule has 195 valence electrons. The van der Waals surface area contributed by atoms with Crippen LogP contribution in [0.3, 0.4) is 0 Å². The molecule has 1 aliphatic rings. The second-order valence-corrected chi connectivity index (χ2v) is 12.0. The SMILES string of the molecule is Cc1nc2cc(OC[C@H](O)CN3CCN(CCS(=O)(=O)c4[c]cccc4C(F)(F)F)CC3)ccc2s1. The van der Waals surface area contributed by atoms with Crippen molar-refractivity contribution in [3.8, 4) is 5.75 Å². The Labute approximate surface area is 212 Å². The van der Waals surface area contributed by atoms with Gasteiger partial charge >= 0.3 is 6.18 Å². The Kier molecular flexibility index (Phi) is 8.20. The van der Waals surface area contributed by atoms with Crippen molar-refractivity contribution < 1.29 is 31.4 Å². The number of ether oxygens (including phenoxy) is 1. The minimum absolute atomic E-state index is 0.125. The molecule has 36 heavy (non-hydrogen) atoms. The summed E-state index contributed by atoms with van der Waals surface area (Å²) in [5.74, 6) is 0.220. The molecule has 1 aromatic heterocycles. The number of benzene rings is 2. The summed E-state index contributed by atoms with van der Waals surface area (Å²) >= 11 is 1.61. The number of aliphatic hydroxyl groups is 1. The Morgan fingerprint density at radius 3 is 2.64 bits per heavy atom. The van der Waals surface area contributed by atoms with E-state index in [1.54, 1.807) is 11.3 Å². The quantitative estimate of drug-likeness (QED) is 0.445. The lowest BCUT2D eigenvalue weighted by Crippen LogP contribution is -2.50. The number of sulfone groups is 1. The summed E-state index contributed by atoms with van der Waals surface area (Å²) in [4.78, 5) is 7.59. The first-order chi connectivity index (χ1) is 17.0. The van der Waals surface area contributed by atoms with Gasteiger partial charge in [0.05, 0.1) is 31.4 Å². The van der Waals surface area contributed by atoms with Crippen LogP contribution in [0.25, 0.3) is 10.2 Å². The number of aryl methyl sites for hydroxylation is 1. The minimum Gasteiger partial charge on any atom is -0.491 e. The van der Waals surface area contributed by atoms with E-state index in [2.05, 4.69) is 16.0 Å². The number of fused-ring (bicyclic) bond motifs is 1. The monoisotopic (exact) mass is 542 g/mol. The molecule has 0 spiro atoms. The molecule has 3 aromatic rings. The molecule has 1 fully saturated rings. The van der Waals surface area contributed by atoms with Gasteiger partial charge in [0.25, 0.3) is 0 Å². The third-order valence-corrected chi connectivity index (χ3v) is 8.58. The molecule has 0 bridgehead atoms. The molecule has 0 saturated carbocycles. The fourth-order valence-electron chi connectivity index (χ4n) is 4.10. The van der Waals surface area contributed by atoms with Crippen molar-refractivity contribution in [3.05, 3.63) is 53.0 Å². The van der Waals surface area contributed by atoms with Gasteiger partial charge in [-0.3, -0.25) is 9.80 Å². The Hall–Kier alpha value is -2.25. The molecule has 12 heteroatoms. The van der Waals surface area contributed by atoms with E-state index in [9.17, 15) is 26.7 Å². The van der Waals surface area contributed by atoms with E-state index < -0.39 is 38.3 Å². The molecule has 4 rings (SSSR count). The Morgan fingerprint density at radius 2 is 1.92 bits per heavy atom. The van der Waals surface area contributed by atoms with E-state index in [1.807, 2.05) is 30.0 Å². The van der Waals surface area contributed by atoms with E-state index in [1.165, 1.54) is 6.07 Å². The first-order valence-electron chi connectivity index (χ1n) is 11.4. The van der Waals surface area contributed by atoms with Crippen molar-refractivity contribution in [2.45, 2.75) is 24.1 Å². The zero-order chi connectivity index (χ0) is 25.9. The van der Waals surface area contributed by atoms with Crippen LogP contribution in [-0.2, 0) is 16.0 Å². The average Bonchev–Trinajstić information content (AvgIpc) is 3.21. The molecule has 1 N–H and O–H groups in total. The van der Waals surface area contributed by atoms with Gasteiger partial charge in [-0.15, -0.1) is 11.3 Å². The third kappa shape index (κ3) is 6.74. The van der Waals surface area contributed by atoms with Crippen molar-refractivity contribution >= 4 is 31.4 Å². The molecule has 1 aliphatic heterocycles. The fourth-order valence-corrected chi connectivity index (χ4v) is 6.38. The van der Waals surface area contributed by atoms with Crippen LogP contribution in [0.15, 0.2) is 41.3 Å². The summed E-state index contributed by atoms with van der Waals surface area (Å²) < 4.78 is 71.6. The lowest BCUT2D eigenvalue weighted by Gasteiger charge is -2.35. The largest absolute Gasteiger partial charge is 0.491 e. The zero-order valence-electron chi connectivity index (χ0n) is 19.7. The highest BCUT2D eigenvalue weighted by atomic mass is 32.2. The maximum Gasteiger partial charge on any atom is 0.417 e. The molecule has 1 saturated heterocycles. The number of aliphatic hydroxyl groups excluding tert-OH is 1. The fraction of sp³-hybridized carbons (Fsp3) is 0.458. The first kappa shape index (κ1) is 26.8. The van der Waals surface area contributed by atoms with Gasteiger partial charge in [0.1, 0.15) is 18.5 Å². The average molecular weight is 543 g/mol. The van der Waals surface area contributed by atoms with Crippen LogP contribution in [0.2, 0.25) is 0 Å². The minimum atomic E-state index is -4.76. The predicted octanol–water partition coefficient (Wildman–Crippen LogP) is 3.25. The summed E-state index contributed by atoms with van der Waals surface area (Å²) in [6.07, 6.45) is -5.47. The molecule has 0 aliphatic carbocycles. The number of alkyl halides is 3. The van der Waals surface area contributed by atoms with E-state index in [0.717, 1.165) is 27.4 Å². The molecule has 1 atom stereocenters. The van der Waals surface area contributed by atoms with Crippen molar-refractivity contribution in [2.24, 2.45) is 0 Å². The molecule has 0 amide bonds. The molecular weight excluding hydrogens is 515 g/mol. The number of thiazole rings is 1. The number of hydrogen-bond acceptors (Lipinski definition) is 8.